The zero-order chi connectivity index (χ0) is 17.5. The molecular formula is C19H28ClN3O3. The topological polar surface area (TPSA) is 70.7 Å². The molecule has 144 valence electrons. The van der Waals surface area contributed by atoms with Gasteiger partial charge in [-0.2, -0.15) is 0 Å². The number of halogens is 1. The molecule has 0 bridgehead atoms. The van der Waals surface area contributed by atoms with Gasteiger partial charge in [0.05, 0.1) is 24.5 Å². The molecule has 0 radical (unpaired) electrons. The van der Waals surface area contributed by atoms with E-state index in [1.807, 2.05) is 12.1 Å². The summed E-state index contributed by atoms with van der Waals surface area (Å²) in [4.78, 5) is 26.8. The maximum absolute atomic E-state index is 12.7. The lowest BCUT2D eigenvalue weighted by atomic mass is 9.93. The van der Waals surface area contributed by atoms with Crippen LogP contribution < -0.4 is 10.6 Å². The van der Waals surface area contributed by atoms with Crippen LogP contribution in [0.3, 0.4) is 0 Å². The second-order valence-corrected chi connectivity index (χ2v) is 6.73. The van der Waals surface area contributed by atoms with E-state index in [2.05, 4.69) is 10.6 Å². The fourth-order valence-corrected chi connectivity index (χ4v) is 3.43. The largest absolute Gasteiger partial charge is 0.378 e. The van der Waals surface area contributed by atoms with Crippen molar-refractivity contribution in [3.8, 4) is 0 Å². The van der Waals surface area contributed by atoms with E-state index in [4.69, 9.17) is 4.74 Å². The average Bonchev–Trinajstić information content (AvgIpc) is 2.68. The van der Waals surface area contributed by atoms with Crippen molar-refractivity contribution in [2.24, 2.45) is 5.92 Å². The van der Waals surface area contributed by atoms with E-state index in [0.717, 1.165) is 32.4 Å². The molecule has 2 aliphatic heterocycles. The Morgan fingerprint density at radius 2 is 1.85 bits per heavy atom. The van der Waals surface area contributed by atoms with E-state index in [9.17, 15) is 9.59 Å². The number of anilines is 1. The minimum absolute atomic E-state index is 0. The second kappa shape index (κ2) is 10.5. The zero-order valence-electron chi connectivity index (χ0n) is 15.0. The summed E-state index contributed by atoms with van der Waals surface area (Å²) in [7, 11) is 0. The molecule has 26 heavy (non-hydrogen) atoms. The lowest BCUT2D eigenvalue weighted by molar-refractivity contribution is -0.116. The molecule has 6 nitrogen and oxygen atoms in total. The smallest absolute Gasteiger partial charge is 0.256 e. The van der Waals surface area contributed by atoms with Gasteiger partial charge in [-0.15, -0.1) is 12.4 Å². The van der Waals surface area contributed by atoms with Crippen molar-refractivity contribution < 1.29 is 14.3 Å². The highest BCUT2D eigenvalue weighted by Crippen LogP contribution is 2.21. The van der Waals surface area contributed by atoms with E-state index >= 15 is 0 Å². The first kappa shape index (κ1) is 20.7. The number of para-hydroxylation sites is 1. The highest BCUT2D eigenvalue weighted by molar-refractivity contribution is 6.03. The SMILES string of the molecule is Cl.O=C(CCC1CCNCC1)Nc1ccccc1C(=O)N1CCOCC1. The van der Waals surface area contributed by atoms with E-state index in [1.165, 1.54) is 0 Å². The molecule has 2 N–H and O–H groups in total. The van der Waals surface area contributed by atoms with Crippen LogP contribution in [0.2, 0.25) is 0 Å². The number of carbonyl (C=O) groups is 2. The summed E-state index contributed by atoms with van der Waals surface area (Å²) in [5, 5.41) is 6.28. The summed E-state index contributed by atoms with van der Waals surface area (Å²) in [5.41, 5.74) is 1.16. The number of benzene rings is 1. The van der Waals surface area contributed by atoms with Gasteiger partial charge < -0.3 is 20.3 Å². The van der Waals surface area contributed by atoms with E-state index < -0.39 is 0 Å². The lowest BCUT2D eigenvalue weighted by Crippen LogP contribution is -2.41. The van der Waals surface area contributed by atoms with Crippen LogP contribution in [0.15, 0.2) is 24.3 Å². The number of hydrogen-bond acceptors (Lipinski definition) is 4. The Bertz CT molecular complexity index is 599. The van der Waals surface area contributed by atoms with Gasteiger partial charge in [0.1, 0.15) is 0 Å². The maximum Gasteiger partial charge on any atom is 0.256 e. The van der Waals surface area contributed by atoms with Crippen molar-refractivity contribution in [1.82, 2.24) is 10.2 Å². The molecule has 0 atom stereocenters. The Kier molecular flexibility index (Phi) is 8.35. The first-order valence-corrected chi connectivity index (χ1v) is 9.20. The molecule has 2 amide bonds. The number of morpholine rings is 1. The van der Waals surface area contributed by atoms with Crippen molar-refractivity contribution in [2.45, 2.75) is 25.7 Å². The van der Waals surface area contributed by atoms with Crippen molar-refractivity contribution in [3.05, 3.63) is 29.8 Å². The first-order valence-electron chi connectivity index (χ1n) is 9.20. The summed E-state index contributed by atoms with van der Waals surface area (Å²) in [6.07, 6.45) is 3.69. The van der Waals surface area contributed by atoms with Crippen LogP contribution >= 0.6 is 12.4 Å². The molecule has 0 unspecified atom stereocenters. The molecule has 2 saturated heterocycles. The summed E-state index contributed by atoms with van der Waals surface area (Å²) >= 11 is 0. The molecule has 0 aliphatic carbocycles. The Labute approximate surface area is 161 Å². The van der Waals surface area contributed by atoms with E-state index in [-0.39, 0.29) is 24.2 Å². The van der Waals surface area contributed by atoms with Crippen molar-refractivity contribution in [1.29, 1.82) is 0 Å². The minimum atomic E-state index is -0.0439. The van der Waals surface area contributed by atoms with Crippen LogP contribution in [0, 0.1) is 5.92 Å². The zero-order valence-corrected chi connectivity index (χ0v) is 15.9. The number of rotatable bonds is 5. The third kappa shape index (κ3) is 5.69. The molecule has 2 fully saturated rings. The van der Waals surface area contributed by atoms with Gasteiger partial charge in [0, 0.05) is 19.5 Å². The standard InChI is InChI=1S/C19H27N3O3.ClH/c23-18(6-5-15-7-9-20-10-8-15)21-17-4-2-1-3-16(17)19(24)22-11-13-25-14-12-22;/h1-4,15,20H,5-14H2,(H,21,23);1H. The normalized spacial score (nSPS) is 18.1. The average molecular weight is 382 g/mol. The van der Waals surface area contributed by atoms with Gasteiger partial charge in [-0.3, -0.25) is 9.59 Å². The Morgan fingerprint density at radius 3 is 2.58 bits per heavy atom. The Morgan fingerprint density at radius 1 is 1.15 bits per heavy atom. The number of ether oxygens (including phenoxy) is 1. The van der Waals surface area contributed by atoms with Gasteiger partial charge in [-0.25, -0.2) is 0 Å². The molecular weight excluding hydrogens is 354 g/mol. The molecule has 1 aromatic carbocycles. The summed E-state index contributed by atoms with van der Waals surface area (Å²) < 4.78 is 5.30. The number of piperidine rings is 1. The summed E-state index contributed by atoms with van der Waals surface area (Å²) in [6, 6.07) is 7.26. The summed E-state index contributed by atoms with van der Waals surface area (Å²) in [5.74, 6) is 0.565. The van der Waals surface area contributed by atoms with Crippen molar-refractivity contribution in [2.75, 3.05) is 44.7 Å². The molecule has 0 aromatic heterocycles. The monoisotopic (exact) mass is 381 g/mol. The number of nitrogens with zero attached hydrogens (tertiary/aromatic N) is 1. The summed E-state index contributed by atoms with van der Waals surface area (Å²) in [6.45, 7) is 4.41. The Hall–Kier alpha value is -1.63. The van der Waals surface area contributed by atoms with Crippen LogP contribution in [0.5, 0.6) is 0 Å². The quantitative estimate of drug-likeness (QED) is 0.821. The van der Waals surface area contributed by atoms with Gasteiger partial charge in [-0.05, 0) is 50.4 Å². The number of hydrogen-bond donors (Lipinski definition) is 2. The molecule has 1 aromatic rings. The minimum Gasteiger partial charge on any atom is -0.378 e. The predicted molar refractivity (Wildman–Crippen MR) is 104 cm³/mol. The van der Waals surface area contributed by atoms with Gasteiger partial charge in [0.25, 0.3) is 5.91 Å². The van der Waals surface area contributed by atoms with E-state index in [0.29, 0.717) is 49.9 Å². The highest BCUT2D eigenvalue weighted by Gasteiger charge is 2.22. The molecule has 0 saturated carbocycles. The van der Waals surface area contributed by atoms with Crippen LogP contribution in [0.4, 0.5) is 5.69 Å². The number of amides is 2. The molecule has 2 aliphatic rings. The maximum atomic E-state index is 12.7. The van der Waals surface area contributed by atoms with Crippen molar-refractivity contribution in [3.63, 3.8) is 0 Å². The van der Waals surface area contributed by atoms with Crippen LogP contribution in [0.25, 0.3) is 0 Å². The van der Waals surface area contributed by atoms with Crippen LogP contribution in [0.1, 0.15) is 36.0 Å². The first-order chi connectivity index (χ1) is 12.2. The fourth-order valence-electron chi connectivity index (χ4n) is 3.43. The van der Waals surface area contributed by atoms with Gasteiger partial charge in [0.2, 0.25) is 5.91 Å². The van der Waals surface area contributed by atoms with Crippen LogP contribution in [-0.4, -0.2) is 56.1 Å². The molecule has 7 heteroatoms. The highest BCUT2D eigenvalue weighted by atomic mass is 35.5. The third-order valence-electron chi connectivity index (χ3n) is 4.97. The fraction of sp³-hybridized carbons (Fsp3) is 0.579. The molecule has 2 heterocycles. The lowest BCUT2D eigenvalue weighted by Gasteiger charge is -2.27. The van der Waals surface area contributed by atoms with Crippen molar-refractivity contribution >= 4 is 29.9 Å². The van der Waals surface area contributed by atoms with Crippen LogP contribution in [-0.2, 0) is 9.53 Å². The molecule has 0 spiro atoms. The predicted octanol–water partition coefficient (Wildman–Crippen LogP) is 2.30. The Balaban J connectivity index is 0.00000243. The number of carbonyl (C=O) groups excluding carboxylic acids is 2. The van der Waals surface area contributed by atoms with Gasteiger partial charge in [-0.1, -0.05) is 12.1 Å². The van der Waals surface area contributed by atoms with E-state index in [1.54, 1.807) is 17.0 Å². The second-order valence-electron chi connectivity index (χ2n) is 6.73. The number of nitrogens with one attached hydrogen (secondary N) is 2. The van der Waals surface area contributed by atoms with Gasteiger partial charge >= 0.3 is 0 Å². The third-order valence-corrected chi connectivity index (χ3v) is 4.97. The van der Waals surface area contributed by atoms with Gasteiger partial charge in [0.15, 0.2) is 0 Å². The molecule has 3 rings (SSSR count).